The SMILES string of the molecule is O=C1NC(=O)c2ccc(I)cc2/C1=C/Nc1ccc(N2CCC(CO)CC2)cc1. The van der Waals surface area contributed by atoms with Crippen LogP contribution in [-0.4, -0.2) is 36.6 Å². The number of piperidine rings is 1. The van der Waals surface area contributed by atoms with Crippen molar-refractivity contribution in [3.05, 3.63) is 63.4 Å². The van der Waals surface area contributed by atoms with Gasteiger partial charge in [0.2, 0.25) is 0 Å². The van der Waals surface area contributed by atoms with Gasteiger partial charge >= 0.3 is 0 Å². The van der Waals surface area contributed by atoms with Crippen LogP contribution in [-0.2, 0) is 4.79 Å². The van der Waals surface area contributed by atoms with Gasteiger partial charge in [0, 0.05) is 52.0 Å². The molecule has 3 N–H and O–H groups in total. The minimum atomic E-state index is -0.402. The van der Waals surface area contributed by atoms with Gasteiger partial charge in [-0.3, -0.25) is 14.9 Å². The van der Waals surface area contributed by atoms with Crippen LogP contribution in [0.4, 0.5) is 11.4 Å². The van der Waals surface area contributed by atoms with Gasteiger partial charge in [0.15, 0.2) is 0 Å². The number of nitrogens with zero attached hydrogens (tertiary/aromatic N) is 1. The van der Waals surface area contributed by atoms with Crippen molar-refractivity contribution < 1.29 is 14.7 Å². The molecule has 150 valence electrons. The van der Waals surface area contributed by atoms with Crippen molar-refractivity contribution in [1.29, 1.82) is 0 Å². The molecule has 0 bridgehead atoms. The van der Waals surface area contributed by atoms with E-state index in [0.29, 0.717) is 22.6 Å². The van der Waals surface area contributed by atoms with Crippen molar-refractivity contribution in [3.8, 4) is 0 Å². The van der Waals surface area contributed by atoms with Gasteiger partial charge in [-0.15, -0.1) is 0 Å². The molecular formula is C22H22IN3O3. The summed E-state index contributed by atoms with van der Waals surface area (Å²) in [4.78, 5) is 26.7. The van der Waals surface area contributed by atoms with E-state index in [0.717, 1.165) is 40.9 Å². The molecule has 2 heterocycles. The van der Waals surface area contributed by atoms with Crippen LogP contribution in [0.3, 0.4) is 0 Å². The third kappa shape index (κ3) is 4.30. The molecule has 0 aliphatic carbocycles. The molecule has 6 nitrogen and oxygen atoms in total. The van der Waals surface area contributed by atoms with Crippen LogP contribution in [0.5, 0.6) is 0 Å². The highest BCUT2D eigenvalue weighted by Crippen LogP contribution is 2.27. The number of benzene rings is 2. The van der Waals surface area contributed by atoms with Crippen LogP contribution in [0.15, 0.2) is 48.7 Å². The highest BCUT2D eigenvalue weighted by molar-refractivity contribution is 14.1. The van der Waals surface area contributed by atoms with Gasteiger partial charge in [-0.1, -0.05) is 0 Å². The summed E-state index contributed by atoms with van der Waals surface area (Å²) in [5, 5.41) is 14.8. The first-order valence-corrected chi connectivity index (χ1v) is 10.7. The third-order valence-electron chi connectivity index (χ3n) is 5.48. The fraction of sp³-hybridized carbons (Fsp3) is 0.273. The molecular weight excluding hydrogens is 481 g/mol. The molecule has 2 aliphatic heterocycles. The Kier molecular flexibility index (Phi) is 5.86. The Morgan fingerprint density at radius 2 is 1.79 bits per heavy atom. The fourth-order valence-corrected chi connectivity index (χ4v) is 4.23. The minimum absolute atomic E-state index is 0.271. The number of hydrogen-bond donors (Lipinski definition) is 3. The first-order valence-electron chi connectivity index (χ1n) is 9.63. The Balaban J connectivity index is 1.49. The lowest BCUT2D eigenvalue weighted by atomic mass is 9.95. The first kappa shape index (κ1) is 19.9. The zero-order valence-electron chi connectivity index (χ0n) is 15.8. The fourth-order valence-electron chi connectivity index (χ4n) is 3.74. The lowest BCUT2D eigenvalue weighted by Crippen LogP contribution is -2.36. The van der Waals surface area contributed by atoms with Gasteiger partial charge in [0.05, 0.1) is 5.57 Å². The topological polar surface area (TPSA) is 81.7 Å². The highest BCUT2D eigenvalue weighted by Gasteiger charge is 2.27. The summed E-state index contributed by atoms with van der Waals surface area (Å²) in [7, 11) is 0. The Hall–Kier alpha value is -2.39. The van der Waals surface area contributed by atoms with Gasteiger partial charge < -0.3 is 15.3 Å². The molecule has 0 aromatic heterocycles. The summed E-state index contributed by atoms with van der Waals surface area (Å²) in [6.45, 7) is 2.17. The van der Waals surface area contributed by atoms with Gasteiger partial charge in [-0.2, -0.15) is 0 Å². The normalized spacial score (nSPS) is 18.6. The lowest BCUT2D eigenvalue weighted by Gasteiger charge is -2.32. The average Bonchev–Trinajstić information content (AvgIpc) is 2.74. The number of rotatable bonds is 4. The molecule has 1 saturated heterocycles. The summed E-state index contributed by atoms with van der Waals surface area (Å²) < 4.78 is 0.962. The van der Waals surface area contributed by atoms with Crippen molar-refractivity contribution in [2.75, 3.05) is 29.9 Å². The predicted octanol–water partition coefficient (Wildman–Crippen LogP) is 3.22. The second-order valence-electron chi connectivity index (χ2n) is 7.34. The van der Waals surface area contributed by atoms with Crippen LogP contribution in [0.25, 0.3) is 5.57 Å². The van der Waals surface area contributed by atoms with Crippen molar-refractivity contribution in [1.82, 2.24) is 5.32 Å². The Bertz CT molecular complexity index is 964. The smallest absolute Gasteiger partial charge is 0.260 e. The number of hydrogen-bond acceptors (Lipinski definition) is 5. The molecule has 0 radical (unpaired) electrons. The molecule has 0 saturated carbocycles. The summed E-state index contributed by atoms with van der Waals surface area (Å²) >= 11 is 2.17. The Morgan fingerprint density at radius 1 is 1.07 bits per heavy atom. The van der Waals surface area contributed by atoms with Crippen LogP contribution in [0.1, 0.15) is 28.8 Å². The third-order valence-corrected chi connectivity index (χ3v) is 6.15. The number of nitrogens with one attached hydrogen (secondary N) is 2. The number of anilines is 2. The summed E-state index contributed by atoms with van der Waals surface area (Å²) in [6.07, 6.45) is 3.67. The van der Waals surface area contributed by atoms with Crippen molar-refractivity contribution >= 4 is 51.4 Å². The molecule has 2 aliphatic rings. The molecule has 7 heteroatoms. The van der Waals surface area contributed by atoms with E-state index in [1.807, 2.05) is 24.3 Å². The first-order chi connectivity index (χ1) is 14.0. The molecule has 0 unspecified atom stereocenters. The molecule has 1 fully saturated rings. The summed E-state index contributed by atoms with van der Waals surface area (Å²) in [5.41, 5.74) is 3.60. The number of halogens is 1. The largest absolute Gasteiger partial charge is 0.396 e. The number of aliphatic hydroxyl groups excluding tert-OH is 1. The zero-order valence-corrected chi connectivity index (χ0v) is 18.0. The number of amides is 2. The van der Waals surface area contributed by atoms with E-state index in [-0.39, 0.29) is 12.5 Å². The summed E-state index contributed by atoms with van der Waals surface area (Å²) in [6, 6.07) is 13.5. The predicted molar refractivity (Wildman–Crippen MR) is 122 cm³/mol. The number of imide groups is 1. The van der Waals surface area contributed by atoms with Crippen LogP contribution in [0, 0.1) is 9.49 Å². The summed E-state index contributed by atoms with van der Waals surface area (Å²) in [5.74, 6) is -0.355. The van der Waals surface area contributed by atoms with Crippen molar-refractivity contribution in [2.24, 2.45) is 5.92 Å². The van der Waals surface area contributed by atoms with Crippen molar-refractivity contribution in [2.45, 2.75) is 12.8 Å². The van der Waals surface area contributed by atoms with Gasteiger partial charge in [0.25, 0.3) is 11.8 Å². The molecule has 29 heavy (non-hydrogen) atoms. The molecule has 2 amide bonds. The van der Waals surface area contributed by atoms with E-state index in [1.165, 1.54) is 0 Å². The number of carbonyl (C=O) groups excluding carboxylic acids is 2. The number of carbonyl (C=O) groups is 2. The number of fused-ring (bicyclic) bond motifs is 1. The van der Waals surface area contributed by atoms with Crippen LogP contribution in [0.2, 0.25) is 0 Å². The average molecular weight is 503 g/mol. The van der Waals surface area contributed by atoms with E-state index in [4.69, 9.17) is 0 Å². The zero-order chi connectivity index (χ0) is 20.4. The van der Waals surface area contributed by atoms with E-state index in [9.17, 15) is 14.7 Å². The quantitative estimate of drug-likeness (QED) is 0.339. The maximum atomic E-state index is 12.3. The van der Waals surface area contributed by atoms with Gasteiger partial charge in [-0.25, -0.2) is 0 Å². The molecule has 2 aromatic rings. The standard InChI is InChI=1S/C22H22IN3O3/c23-15-1-6-18-19(11-15)20(22(29)25-21(18)28)12-24-16-2-4-17(5-3-16)26-9-7-14(13-27)8-10-26/h1-6,11-12,14,24,27H,7-10,13H2,(H,25,28,29)/b20-12-. The minimum Gasteiger partial charge on any atom is -0.396 e. The highest BCUT2D eigenvalue weighted by atomic mass is 127. The maximum Gasteiger partial charge on any atom is 0.260 e. The lowest BCUT2D eigenvalue weighted by molar-refractivity contribution is -0.114. The second-order valence-corrected chi connectivity index (χ2v) is 8.58. The second kappa shape index (κ2) is 8.54. The van der Waals surface area contributed by atoms with E-state index < -0.39 is 5.91 Å². The Morgan fingerprint density at radius 3 is 2.48 bits per heavy atom. The van der Waals surface area contributed by atoms with Gasteiger partial charge in [-0.05, 0) is 83.8 Å². The van der Waals surface area contributed by atoms with Crippen LogP contribution < -0.4 is 15.5 Å². The van der Waals surface area contributed by atoms with E-state index in [2.05, 4.69) is 50.3 Å². The Labute approximate surface area is 183 Å². The van der Waals surface area contributed by atoms with Gasteiger partial charge in [0.1, 0.15) is 0 Å². The maximum absolute atomic E-state index is 12.3. The molecule has 2 aromatic carbocycles. The molecule has 0 spiro atoms. The van der Waals surface area contributed by atoms with E-state index >= 15 is 0 Å². The van der Waals surface area contributed by atoms with Crippen LogP contribution >= 0.6 is 22.6 Å². The molecule has 4 rings (SSSR count). The molecule has 0 atom stereocenters. The monoisotopic (exact) mass is 503 g/mol. The number of aliphatic hydroxyl groups is 1. The van der Waals surface area contributed by atoms with E-state index in [1.54, 1.807) is 12.3 Å². The van der Waals surface area contributed by atoms with Crippen molar-refractivity contribution in [3.63, 3.8) is 0 Å².